The predicted molar refractivity (Wildman–Crippen MR) is 66.9 cm³/mol. The summed E-state index contributed by atoms with van der Waals surface area (Å²) in [5, 5.41) is 0. The third-order valence-electron chi connectivity index (χ3n) is 3.52. The van der Waals surface area contributed by atoms with Crippen molar-refractivity contribution in [2.75, 3.05) is 38.3 Å². The Balaban J connectivity index is 1.78. The van der Waals surface area contributed by atoms with Gasteiger partial charge in [0.15, 0.2) is 5.79 Å². The van der Waals surface area contributed by atoms with Gasteiger partial charge in [0.25, 0.3) is 0 Å². The molecule has 3 rings (SSSR count). The summed E-state index contributed by atoms with van der Waals surface area (Å²) in [5.41, 5.74) is 1.11. The minimum Gasteiger partial charge on any atom is -0.481 e. The predicted octanol–water partition coefficient (Wildman–Crippen LogP) is 1.43. The van der Waals surface area contributed by atoms with Gasteiger partial charge >= 0.3 is 0 Å². The van der Waals surface area contributed by atoms with Crippen molar-refractivity contribution in [3.63, 3.8) is 0 Å². The molecule has 5 nitrogen and oxygen atoms in total. The Morgan fingerprint density at radius 2 is 2.22 bits per heavy atom. The molecule has 5 heteroatoms. The first-order valence-electron chi connectivity index (χ1n) is 6.34. The molecule has 0 radical (unpaired) electrons. The Bertz CT molecular complexity index is 418. The number of anilines is 1. The molecule has 2 fully saturated rings. The number of ether oxygens (including phenoxy) is 3. The van der Waals surface area contributed by atoms with Crippen LogP contribution < -0.4 is 9.64 Å². The van der Waals surface area contributed by atoms with Crippen LogP contribution in [0.1, 0.15) is 12.8 Å². The molecule has 98 valence electrons. The molecule has 2 aliphatic rings. The van der Waals surface area contributed by atoms with Gasteiger partial charge in [-0.05, 0) is 12.5 Å². The Hall–Kier alpha value is -1.33. The standard InChI is InChI=1S/C13H18N2O3/c1-16-12-9-11(3-5-14-12)15-6-2-4-13(10-15)17-7-8-18-13/h3,5,9H,2,4,6-8,10H2,1H3. The number of hydrogen-bond acceptors (Lipinski definition) is 5. The molecule has 2 saturated heterocycles. The maximum Gasteiger partial charge on any atom is 0.214 e. The number of pyridine rings is 1. The highest BCUT2D eigenvalue weighted by atomic mass is 16.7. The minimum absolute atomic E-state index is 0.394. The molecule has 18 heavy (non-hydrogen) atoms. The van der Waals surface area contributed by atoms with Crippen molar-refractivity contribution in [3.05, 3.63) is 18.3 Å². The van der Waals surface area contributed by atoms with Gasteiger partial charge in [-0.15, -0.1) is 0 Å². The second kappa shape index (κ2) is 4.74. The summed E-state index contributed by atoms with van der Waals surface area (Å²) in [6, 6.07) is 3.95. The molecule has 0 bridgehead atoms. The maximum absolute atomic E-state index is 5.78. The van der Waals surface area contributed by atoms with Gasteiger partial charge in [-0.25, -0.2) is 4.98 Å². The van der Waals surface area contributed by atoms with Crippen LogP contribution in [0, 0.1) is 0 Å². The van der Waals surface area contributed by atoms with E-state index in [-0.39, 0.29) is 0 Å². The van der Waals surface area contributed by atoms with E-state index in [9.17, 15) is 0 Å². The lowest BCUT2D eigenvalue weighted by Gasteiger charge is -2.39. The zero-order valence-electron chi connectivity index (χ0n) is 10.6. The van der Waals surface area contributed by atoms with Gasteiger partial charge in [0.05, 0.1) is 26.9 Å². The number of hydrogen-bond donors (Lipinski definition) is 0. The van der Waals surface area contributed by atoms with E-state index in [1.165, 1.54) is 0 Å². The Kier molecular flexibility index (Phi) is 3.09. The molecule has 0 N–H and O–H groups in total. The summed E-state index contributed by atoms with van der Waals surface area (Å²) >= 11 is 0. The van der Waals surface area contributed by atoms with Crippen LogP contribution >= 0.6 is 0 Å². The van der Waals surface area contributed by atoms with Gasteiger partial charge < -0.3 is 19.1 Å². The molecule has 1 aromatic heterocycles. The van der Waals surface area contributed by atoms with Crippen LogP contribution in [0.2, 0.25) is 0 Å². The molecule has 1 aromatic rings. The lowest BCUT2D eigenvalue weighted by atomic mass is 10.0. The molecular weight excluding hydrogens is 232 g/mol. The molecule has 2 aliphatic heterocycles. The largest absolute Gasteiger partial charge is 0.481 e. The molecule has 0 aromatic carbocycles. The summed E-state index contributed by atoms with van der Waals surface area (Å²) in [6.07, 6.45) is 3.82. The summed E-state index contributed by atoms with van der Waals surface area (Å²) in [7, 11) is 1.63. The van der Waals surface area contributed by atoms with Crippen LogP contribution in [0.4, 0.5) is 5.69 Å². The fourth-order valence-corrected chi connectivity index (χ4v) is 2.65. The monoisotopic (exact) mass is 250 g/mol. The number of rotatable bonds is 2. The molecule has 0 saturated carbocycles. The van der Waals surface area contributed by atoms with E-state index in [1.807, 2.05) is 12.1 Å². The summed E-state index contributed by atoms with van der Waals surface area (Å²) in [4.78, 5) is 6.41. The molecule has 0 unspecified atom stereocenters. The Morgan fingerprint density at radius 1 is 1.39 bits per heavy atom. The van der Waals surface area contributed by atoms with E-state index in [0.717, 1.165) is 31.6 Å². The van der Waals surface area contributed by atoms with E-state index >= 15 is 0 Å². The fraction of sp³-hybridized carbons (Fsp3) is 0.615. The number of aromatic nitrogens is 1. The first-order valence-corrected chi connectivity index (χ1v) is 6.34. The van der Waals surface area contributed by atoms with Gasteiger partial charge in [0.1, 0.15) is 0 Å². The second-order valence-corrected chi connectivity index (χ2v) is 4.69. The van der Waals surface area contributed by atoms with Crippen LogP contribution in [-0.4, -0.2) is 44.2 Å². The molecule has 0 aliphatic carbocycles. The number of piperidine rings is 1. The van der Waals surface area contributed by atoms with Crippen molar-refractivity contribution in [2.45, 2.75) is 18.6 Å². The maximum atomic E-state index is 5.78. The molecule has 3 heterocycles. The van der Waals surface area contributed by atoms with Crippen LogP contribution in [0.5, 0.6) is 5.88 Å². The fourth-order valence-electron chi connectivity index (χ4n) is 2.65. The zero-order chi connectivity index (χ0) is 12.4. The van der Waals surface area contributed by atoms with Crippen LogP contribution in [0.15, 0.2) is 18.3 Å². The second-order valence-electron chi connectivity index (χ2n) is 4.69. The first-order chi connectivity index (χ1) is 8.81. The highest BCUT2D eigenvalue weighted by Crippen LogP contribution is 2.33. The summed E-state index contributed by atoms with van der Waals surface area (Å²) in [5.74, 6) is 0.245. The van der Waals surface area contributed by atoms with Crippen LogP contribution in [0.25, 0.3) is 0 Å². The third kappa shape index (κ3) is 2.15. The van der Waals surface area contributed by atoms with Crippen molar-refractivity contribution in [1.82, 2.24) is 4.98 Å². The van der Waals surface area contributed by atoms with Crippen molar-refractivity contribution < 1.29 is 14.2 Å². The van der Waals surface area contributed by atoms with E-state index in [1.54, 1.807) is 13.3 Å². The van der Waals surface area contributed by atoms with Gasteiger partial charge in [0.2, 0.25) is 5.88 Å². The Labute approximate surface area is 107 Å². The highest BCUT2D eigenvalue weighted by Gasteiger charge is 2.40. The van der Waals surface area contributed by atoms with Gasteiger partial charge in [-0.3, -0.25) is 0 Å². The first kappa shape index (κ1) is 11.7. The normalized spacial score (nSPS) is 22.4. The quantitative estimate of drug-likeness (QED) is 0.794. The summed E-state index contributed by atoms with van der Waals surface area (Å²) in [6.45, 7) is 3.20. The van der Waals surface area contributed by atoms with Crippen LogP contribution in [-0.2, 0) is 9.47 Å². The average Bonchev–Trinajstić information content (AvgIpc) is 2.87. The van der Waals surface area contributed by atoms with Gasteiger partial charge in [-0.2, -0.15) is 0 Å². The van der Waals surface area contributed by atoms with E-state index in [2.05, 4.69) is 9.88 Å². The van der Waals surface area contributed by atoms with E-state index in [4.69, 9.17) is 14.2 Å². The molecule has 1 spiro atoms. The Morgan fingerprint density at radius 3 is 3.00 bits per heavy atom. The average molecular weight is 250 g/mol. The third-order valence-corrected chi connectivity index (χ3v) is 3.52. The van der Waals surface area contributed by atoms with Gasteiger partial charge in [0, 0.05) is 30.9 Å². The number of methoxy groups -OCH3 is 1. The van der Waals surface area contributed by atoms with Crippen molar-refractivity contribution >= 4 is 5.69 Å². The zero-order valence-corrected chi connectivity index (χ0v) is 10.6. The lowest BCUT2D eigenvalue weighted by Crippen LogP contribution is -2.49. The van der Waals surface area contributed by atoms with Gasteiger partial charge in [-0.1, -0.05) is 0 Å². The van der Waals surface area contributed by atoms with E-state index < -0.39 is 5.79 Å². The minimum atomic E-state index is -0.394. The van der Waals surface area contributed by atoms with E-state index in [0.29, 0.717) is 19.1 Å². The summed E-state index contributed by atoms with van der Waals surface area (Å²) < 4.78 is 16.7. The lowest BCUT2D eigenvalue weighted by molar-refractivity contribution is -0.161. The van der Waals surface area contributed by atoms with Crippen molar-refractivity contribution in [2.24, 2.45) is 0 Å². The van der Waals surface area contributed by atoms with Crippen molar-refractivity contribution in [3.8, 4) is 5.88 Å². The SMILES string of the molecule is COc1cc(N2CCCC3(C2)OCCO3)ccn1. The smallest absolute Gasteiger partial charge is 0.214 e. The van der Waals surface area contributed by atoms with Crippen molar-refractivity contribution in [1.29, 1.82) is 0 Å². The molecule has 0 atom stereocenters. The molecule has 0 amide bonds. The van der Waals surface area contributed by atoms with Crippen LogP contribution in [0.3, 0.4) is 0 Å². The highest BCUT2D eigenvalue weighted by molar-refractivity contribution is 5.48. The number of nitrogens with zero attached hydrogens (tertiary/aromatic N) is 2. The molecular formula is C13H18N2O3. The topological polar surface area (TPSA) is 43.8 Å².